The van der Waals surface area contributed by atoms with Crippen LogP contribution in [0.3, 0.4) is 0 Å². The Morgan fingerprint density at radius 1 is 0.938 bits per heavy atom. The van der Waals surface area contributed by atoms with Gasteiger partial charge in [-0.2, -0.15) is 4.31 Å². The second-order valence-electron chi connectivity index (χ2n) is 8.21. The number of rotatable bonds is 8. The summed E-state index contributed by atoms with van der Waals surface area (Å²) in [5.41, 5.74) is 2.15. The summed E-state index contributed by atoms with van der Waals surface area (Å²) in [5, 5.41) is 2.89. The zero-order valence-electron chi connectivity index (χ0n) is 18.7. The van der Waals surface area contributed by atoms with Crippen molar-refractivity contribution in [2.75, 3.05) is 32.7 Å². The van der Waals surface area contributed by atoms with Crippen molar-refractivity contribution in [3.63, 3.8) is 0 Å². The van der Waals surface area contributed by atoms with Crippen LogP contribution in [0.4, 0.5) is 0 Å². The first-order valence-electron chi connectivity index (χ1n) is 10.9. The lowest BCUT2D eigenvalue weighted by molar-refractivity contribution is -0.134. The molecule has 32 heavy (non-hydrogen) atoms. The Labute approximate surface area is 190 Å². The van der Waals surface area contributed by atoms with Crippen LogP contribution in [0.15, 0.2) is 59.5 Å². The van der Waals surface area contributed by atoms with Crippen molar-refractivity contribution in [2.24, 2.45) is 0 Å². The van der Waals surface area contributed by atoms with E-state index in [1.807, 2.05) is 44.2 Å². The smallest absolute Gasteiger partial charge is 0.243 e. The van der Waals surface area contributed by atoms with Crippen molar-refractivity contribution in [1.82, 2.24) is 14.5 Å². The molecule has 1 saturated heterocycles. The van der Waals surface area contributed by atoms with Gasteiger partial charge >= 0.3 is 0 Å². The van der Waals surface area contributed by atoms with Gasteiger partial charge in [-0.25, -0.2) is 8.42 Å². The molecule has 0 aromatic heterocycles. The number of nitrogens with zero attached hydrogens (tertiary/aromatic N) is 2. The summed E-state index contributed by atoms with van der Waals surface area (Å²) in [6, 6.07) is 16.7. The maximum Gasteiger partial charge on any atom is 0.243 e. The van der Waals surface area contributed by atoms with Gasteiger partial charge in [-0.05, 0) is 30.5 Å². The van der Waals surface area contributed by atoms with Crippen LogP contribution in [0.25, 0.3) is 0 Å². The lowest BCUT2D eigenvalue weighted by Gasteiger charge is -2.34. The molecule has 2 aromatic rings. The molecule has 2 amide bonds. The van der Waals surface area contributed by atoms with E-state index in [0.29, 0.717) is 19.6 Å². The maximum absolute atomic E-state index is 12.8. The average molecular weight is 458 g/mol. The van der Waals surface area contributed by atoms with Gasteiger partial charge < -0.3 is 10.2 Å². The lowest BCUT2D eigenvalue weighted by atomic mass is 10.0. The fourth-order valence-electron chi connectivity index (χ4n) is 3.67. The van der Waals surface area contributed by atoms with Gasteiger partial charge in [-0.3, -0.25) is 9.59 Å². The van der Waals surface area contributed by atoms with E-state index < -0.39 is 10.0 Å². The molecule has 1 aliphatic heterocycles. The van der Waals surface area contributed by atoms with E-state index in [4.69, 9.17) is 0 Å². The molecule has 1 N–H and O–H groups in total. The van der Waals surface area contributed by atoms with Gasteiger partial charge in [0.05, 0.1) is 4.90 Å². The highest BCUT2D eigenvalue weighted by Crippen LogP contribution is 2.19. The van der Waals surface area contributed by atoms with E-state index in [2.05, 4.69) is 5.32 Å². The largest absolute Gasteiger partial charge is 0.355 e. The summed E-state index contributed by atoms with van der Waals surface area (Å²) < 4.78 is 27.0. The third-order valence-electron chi connectivity index (χ3n) is 5.79. The summed E-state index contributed by atoms with van der Waals surface area (Å²) in [6.07, 6.45) is 0.248. The maximum atomic E-state index is 12.8. The quantitative estimate of drug-likeness (QED) is 0.660. The van der Waals surface area contributed by atoms with E-state index in [0.717, 1.165) is 11.1 Å². The number of carbonyl (C=O) groups is 2. The molecule has 1 fully saturated rings. The van der Waals surface area contributed by atoms with Crippen molar-refractivity contribution >= 4 is 21.8 Å². The molecule has 172 valence electrons. The Morgan fingerprint density at radius 3 is 2.19 bits per heavy atom. The van der Waals surface area contributed by atoms with Crippen molar-refractivity contribution in [3.05, 3.63) is 65.7 Å². The Bertz CT molecular complexity index is 1010. The summed E-state index contributed by atoms with van der Waals surface area (Å²) in [5.74, 6) is -0.0789. The number of carbonyl (C=O) groups excluding carboxylic acids is 2. The third kappa shape index (κ3) is 6.17. The van der Waals surface area contributed by atoms with E-state index in [-0.39, 0.29) is 48.6 Å². The topological polar surface area (TPSA) is 86.8 Å². The van der Waals surface area contributed by atoms with Crippen LogP contribution in [0.1, 0.15) is 36.8 Å². The summed E-state index contributed by atoms with van der Waals surface area (Å²) in [7, 11) is -3.56. The second kappa shape index (κ2) is 10.7. The third-order valence-corrected chi connectivity index (χ3v) is 7.70. The highest BCUT2D eigenvalue weighted by atomic mass is 32.2. The van der Waals surface area contributed by atoms with Crippen LogP contribution in [0.5, 0.6) is 0 Å². The predicted octanol–water partition coefficient (Wildman–Crippen LogP) is 2.53. The van der Waals surface area contributed by atoms with Gasteiger partial charge in [-0.15, -0.1) is 0 Å². The molecule has 0 aliphatic carbocycles. The molecule has 8 heteroatoms. The van der Waals surface area contributed by atoms with Gasteiger partial charge in [-0.1, -0.05) is 55.0 Å². The molecule has 2 aromatic carbocycles. The van der Waals surface area contributed by atoms with Gasteiger partial charge in [0.15, 0.2) is 0 Å². The van der Waals surface area contributed by atoms with Gasteiger partial charge in [0.25, 0.3) is 0 Å². The number of amides is 2. The molecule has 1 unspecified atom stereocenters. The van der Waals surface area contributed by atoms with E-state index in [1.165, 1.54) is 4.31 Å². The Morgan fingerprint density at radius 2 is 1.56 bits per heavy atom. The highest BCUT2D eigenvalue weighted by Gasteiger charge is 2.30. The van der Waals surface area contributed by atoms with Crippen molar-refractivity contribution in [3.8, 4) is 0 Å². The van der Waals surface area contributed by atoms with Crippen LogP contribution in [0, 0.1) is 6.92 Å². The number of nitrogens with one attached hydrogen (secondary N) is 1. The molecule has 1 aliphatic rings. The Balaban J connectivity index is 1.41. The lowest BCUT2D eigenvalue weighted by Crippen LogP contribution is -2.50. The summed E-state index contributed by atoms with van der Waals surface area (Å²) in [4.78, 5) is 26.6. The highest BCUT2D eigenvalue weighted by molar-refractivity contribution is 7.89. The molecule has 1 heterocycles. The van der Waals surface area contributed by atoms with E-state index >= 15 is 0 Å². The van der Waals surface area contributed by atoms with Crippen LogP contribution in [-0.2, 0) is 19.6 Å². The molecule has 0 spiro atoms. The molecule has 0 saturated carbocycles. The van der Waals surface area contributed by atoms with Gasteiger partial charge in [0, 0.05) is 45.6 Å². The average Bonchev–Trinajstić information content (AvgIpc) is 2.82. The van der Waals surface area contributed by atoms with Crippen LogP contribution in [-0.4, -0.2) is 62.2 Å². The number of aryl methyl sites for hydroxylation is 1. The molecule has 7 nitrogen and oxygen atoms in total. The first-order valence-corrected chi connectivity index (χ1v) is 12.4. The molecule has 3 rings (SSSR count). The molecule has 1 atom stereocenters. The van der Waals surface area contributed by atoms with Crippen molar-refractivity contribution < 1.29 is 18.0 Å². The number of hydrogen-bond donors (Lipinski definition) is 1. The number of sulfonamides is 1. The number of hydrogen-bond acceptors (Lipinski definition) is 4. The predicted molar refractivity (Wildman–Crippen MR) is 124 cm³/mol. The first-order chi connectivity index (χ1) is 15.3. The van der Waals surface area contributed by atoms with E-state index in [9.17, 15) is 18.0 Å². The zero-order chi connectivity index (χ0) is 23.1. The Kier molecular flexibility index (Phi) is 8.04. The molecule has 0 bridgehead atoms. The van der Waals surface area contributed by atoms with Crippen LogP contribution < -0.4 is 5.32 Å². The monoisotopic (exact) mass is 457 g/mol. The zero-order valence-corrected chi connectivity index (χ0v) is 19.5. The molecule has 0 radical (unpaired) electrons. The fraction of sp³-hybridized carbons (Fsp3) is 0.417. The number of piperazine rings is 1. The van der Waals surface area contributed by atoms with Crippen molar-refractivity contribution in [1.29, 1.82) is 0 Å². The van der Waals surface area contributed by atoms with Gasteiger partial charge in [0.2, 0.25) is 21.8 Å². The number of benzene rings is 2. The molecular weight excluding hydrogens is 426 g/mol. The summed E-state index contributed by atoms with van der Waals surface area (Å²) >= 11 is 0. The second-order valence-corrected chi connectivity index (χ2v) is 10.2. The molecular formula is C24H31N3O4S. The normalized spacial score (nSPS) is 15.9. The minimum absolute atomic E-state index is 0.121. The SMILES string of the molecule is Cc1ccc(S(=O)(=O)N2CCN(C(=O)CCC(=O)NCC(C)c3ccccc3)CC2)cc1. The first kappa shape index (κ1) is 23.9. The van der Waals surface area contributed by atoms with Crippen molar-refractivity contribution in [2.45, 2.75) is 37.5 Å². The fourth-order valence-corrected chi connectivity index (χ4v) is 5.09. The minimum atomic E-state index is -3.56. The van der Waals surface area contributed by atoms with E-state index in [1.54, 1.807) is 29.2 Å². The Hall–Kier alpha value is -2.71. The minimum Gasteiger partial charge on any atom is -0.355 e. The van der Waals surface area contributed by atoms with Gasteiger partial charge in [0.1, 0.15) is 0 Å². The summed E-state index contributed by atoms with van der Waals surface area (Å²) in [6.45, 7) is 5.64. The van der Waals surface area contributed by atoms with Crippen LogP contribution >= 0.6 is 0 Å². The van der Waals surface area contributed by atoms with Crippen LogP contribution in [0.2, 0.25) is 0 Å². The standard InChI is InChI=1S/C24H31N3O4S/c1-19-8-10-22(11-9-19)32(30,31)27-16-14-26(15-17-27)24(29)13-12-23(28)25-18-20(2)21-6-4-3-5-7-21/h3-11,20H,12-18H2,1-2H3,(H,25,28).